The fourth-order valence-electron chi connectivity index (χ4n) is 2.34. The van der Waals surface area contributed by atoms with E-state index in [1.54, 1.807) is 11.8 Å². The molecule has 3 N–H and O–H groups in total. The standard InChI is InChI=1S/C17H22N2OS.ClH/c1-21-12-10-16(18)17(20)19-11-9-14-7-4-6-13-5-2-3-8-15(13)14;/h2-8,16H,9-12,18H2,1H3,(H,19,20);1H. The van der Waals surface area contributed by atoms with Crippen LogP contribution in [0.15, 0.2) is 42.5 Å². The van der Waals surface area contributed by atoms with Gasteiger partial charge in [0.15, 0.2) is 0 Å². The number of rotatable bonds is 7. The molecular weight excluding hydrogens is 316 g/mol. The molecule has 0 aliphatic rings. The second-order valence-electron chi connectivity index (χ2n) is 5.07. The van der Waals surface area contributed by atoms with Crippen LogP contribution < -0.4 is 11.1 Å². The number of carbonyl (C=O) groups excluding carboxylic acids is 1. The Balaban J connectivity index is 0.00000242. The Bertz CT molecular complexity index is 601. The fourth-order valence-corrected chi connectivity index (χ4v) is 2.83. The molecule has 0 aromatic heterocycles. The van der Waals surface area contributed by atoms with Gasteiger partial charge in [-0.15, -0.1) is 12.4 Å². The first-order chi connectivity index (χ1) is 10.2. The molecular formula is C17H23ClN2OS. The van der Waals surface area contributed by atoms with E-state index in [1.807, 2.05) is 18.4 Å². The zero-order valence-corrected chi connectivity index (χ0v) is 14.4. The Morgan fingerprint density at radius 1 is 1.23 bits per heavy atom. The van der Waals surface area contributed by atoms with Crippen molar-refractivity contribution in [2.24, 2.45) is 5.73 Å². The van der Waals surface area contributed by atoms with E-state index < -0.39 is 6.04 Å². The van der Waals surface area contributed by atoms with Gasteiger partial charge in [-0.1, -0.05) is 42.5 Å². The van der Waals surface area contributed by atoms with Crippen LogP contribution in [0.2, 0.25) is 0 Å². The van der Waals surface area contributed by atoms with Crippen LogP contribution in [-0.4, -0.2) is 30.5 Å². The highest BCUT2D eigenvalue weighted by atomic mass is 35.5. The summed E-state index contributed by atoms with van der Waals surface area (Å²) in [5.41, 5.74) is 7.10. The van der Waals surface area contributed by atoms with E-state index >= 15 is 0 Å². The van der Waals surface area contributed by atoms with Gasteiger partial charge in [0.1, 0.15) is 0 Å². The van der Waals surface area contributed by atoms with Crippen LogP contribution >= 0.6 is 24.2 Å². The molecule has 120 valence electrons. The van der Waals surface area contributed by atoms with E-state index in [-0.39, 0.29) is 18.3 Å². The quantitative estimate of drug-likeness (QED) is 0.816. The molecule has 0 saturated carbocycles. The van der Waals surface area contributed by atoms with Crippen LogP contribution in [-0.2, 0) is 11.2 Å². The molecule has 0 aliphatic carbocycles. The summed E-state index contributed by atoms with van der Waals surface area (Å²) in [5, 5.41) is 5.42. The topological polar surface area (TPSA) is 55.1 Å². The van der Waals surface area contributed by atoms with Crippen molar-refractivity contribution in [3.8, 4) is 0 Å². The maximum Gasteiger partial charge on any atom is 0.236 e. The van der Waals surface area contributed by atoms with Crippen molar-refractivity contribution < 1.29 is 4.79 Å². The average molecular weight is 339 g/mol. The van der Waals surface area contributed by atoms with Crippen molar-refractivity contribution in [3.63, 3.8) is 0 Å². The van der Waals surface area contributed by atoms with Gasteiger partial charge in [-0.25, -0.2) is 0 Å². The van der Waals surface area contributed by atoms with Crippen molar-refractivity contribution in [1.29, 1.82) is 0 Å². The van der Waals surface area contributed by atoms with E-state index in [1.165, 1.54) is 16.3 Å². The minimum Gasteiger partial charge on any atom is -0.354 e. The summed E-state index contributed by atoms with van der Waals surface area (Å²) >= 11 is 1.71. The average Bonchev–Trinajstić information content (AvgIpc) is 2.52. The summed E-state index contributed by atoms with van der Waals surface area (Å²) in [6, 6.07) is 14.2. The lowest BCUT2D eigenvalue weighted by Gasteiger charge is -2.12. The number of hydrogen-bond acceptors (Lipinski definition) is 3. The minimum absolute atomic E-state index is 0. The van der Waals surface area contributed by atoms with Gasteiger partial charge in [-0.2, -0.15) is 11.8 Å². The highest BCUT2D eigenvalue weighted by Gasteiger charge is 2.12. The number of carbonyl (C=O) groups is 1. The third kappa shape index (κ3) is 5.20. The summed E-state index contributed by atoms with van der Waals surface area (Å²) in [5.74, 6) is 0.863. The predicted octanol–water partition coefficient (Wildman–Crippen LogP) is 3.00. The van der Waals surface area contributed by atoms with Gasteiger partial charge < -0.3 is 11.1 Å². The van der Waals surface area contributed by atoms with Crippen molar-refractivity contribution in [3.05, 3.63) is 48.0 Å². The van der Waals surface area contributed by atoms with E-state index in [0.29, 0.717) is 6.54 Å². The first kappa shape index (κ1) is 18.8. The maximum atomic E-state index is 11.9. The lowest BCUT2D eigenvalue weighted by atomic mass is 10.0. The van der Waals surface area contributed by atoms with Crippen molar-refractivity contribution in [2.75, 3.05) is 18.6 Å². The number of benzene rings is 2. The monoisotopic (exact) mass is 338 g/mol. The molecule has 1 atom stereocenters. The summed E-state index contributed by atoms with van der Waals surface area (Å²) in [6.45, 7) is 0.625. The van der Waals surface area contributed by atoms with Gasteiger partial charge in [0, 0.05) is 6.54 Å². The Labute approximate surface area is 142 Å². The Kier molecular flexibility index (Phi) is 8.31. The molecule has 3 nitrogen and oxygen atoms in total. The number of fused-ring (bicyclic) bond motifs is 1. The summed E-state index contributed by atoms with van der Waals surface area (Å²) in [6.07, 6.45) is 3.56. The van der Waals surface area contributed by atoms with Crippen LogP contribution in [0.25, 0.3) is 10.8 Å². The largest absolute Gasteiger partial charge is 0.354 e. The van der Waals surface area contributed by atoms with Crippen LogP contribution in [0.4, 0.5) is 0 Å². The minimum atomic E-state index is -0.398. The molecule has 0 fully saturated rings. The number of amides is 1. The second kappa shape index (κ2) is 9.72. The summed E-state index contributed by atoms with van der Waals surface area (Å²) in [4.78, 5) is 11.9. The third-order valence-corrected chi connectivity index (χ3v) is 4.19. The van der Waals surface area contributed by atoms with Crippen LogP contribution in [0, 0.1) is 0 Å². The normalized spacial score (nSPS) is 11.7. The maximum absolute atomic E-state index is 11.9. The zero-order chi connectivity index (χ0) is 15.1. The van der Waals surface area contributed by atoms with Gasteiger partial charge in [0.05, 0.1) is 6.04 Å². The van der Waals surface area contributed by atoms with E-state index in [0.717, 1.165) is 18.6 Å². The molecule has 0 heterocycles. The Morgan fingerprint density at radius 2 is 1.95 bits per heavy atom. The number of halogens is 1. The highest BCUT2D eigenvalue weighted by molar-refractivity contribution is 7.98. The molecule has 2 aromatic carbocycles. The number of nitrogens with one attached hydrogen (secondary N) is 1. The first-order valence-electron chi connectivity index (χ1n) is 7.21. The highest BCUT2D eigenvalue weighted by Crippen LogP contribution is 2.18. The Morgan fingerprint density at radius 3 is 2.73 bits per heavy atom. The number of thioether (sulfide) groups is 1. The Hall–Kier alpha value is -1.23. The van der Waals surface area contributed by atoms with Crippen molar-refractivity contribution in [1.82, 2.24) is 5.32 Å². The smallest absolute Gasteiger partial charge is 0.236 e. The van der Waals surface area contributed by atoms with Crippen LogP contribution in [0.5, 0.6) is 0 Å². The van der Waals surface area contributed by atoms with Crippen LogP contribution in [0.1, 0.15) is 12.0 Å². The van der Waals surface area contributed by atoms with E-state index in [4.69, 9.17) is 5.73 Å². The third-order valence-electron chi connectivity index (χ3n) is 3.54. The van der Waals surface area contributed by atoms with Gasteiger partial charge in [-0.05, 0) is 41.2 Å². The number of nitrogens with two attached hydrogens (primary N) is 1. The van der Waals surface area contributed by atoms with Crippen molar-refractivity contribution in [2.45, 2.75) is 18.9 Å². The predicted molar refractivity (Wildman–Crippen MR) is 98.9 cm³/mol. The van der Waals surface area contributed by atoms with Gasteiger partial charge in [-0.3, -0.25) is 4.79 Å². The summed E-state index contributed by atoms with van der Waals surface area (Å²) < 4.78 is 0. The first-order valence-corrected chi connectivity index (χ1v) is 8.60. The van der Waals surface area contributed by atoms with Gasteiger partial charge in [0.25, 0.3) is 0 Å². The molecule has 0 aliphatic heterocycles. The second-order valence-corrected chi connectivity index (χ2v) is 6.05. The van der Waals surface area contributed by atoms with Gasteiger partial charge in [0.2, 0.25) is 5.91 Å². The van der Waals surface area contributed by atoms with Gasteiger partial charge >= 0.3 is 0 Å². The summed E-state index contributed by atoms with van der Waals surface area (Å²) in [7, 11) is 0. The molecule has 1 amide bonds. The van der Waals surface area contributed by atoms with Crippen molar-refractivity contribution >= 4 is 40.8 Å². The van der Waals surface area contributed by atoms with E-state index in [9.17, 15) is 4.79 Å². The molecule has 2 rings (SSSR count). The lowest BCUT2D eigenvalue weighted by Crippen LogP contribution is -2.41. The van der Waals surface area contributed by atoms with Crippen LogP contribution in [0.3, 0.4) is 0 Å². The molecule has 5 heteroatoms. The molecule has 0 radical (unpaired) electrons. The fraction of sp³-hybridized carbons (Fsp3) is 0.353. The number of hydrogen-bond donors (Lipinski definition) is 2. The molecule has 1 unspecified atom stereocenters. The molecule has 2 aromatic rings. The SMILES string of the molecule is CSCCC(N)C(=O)NCCc1cccc2ccccc12.Cl. The molecule has 22 heavy (non-hydrogen) atoms. The lowest BCUT2D eigenvalue weighted by molar-refractivity contribution is -0.122. The molecule has 0 saturated heterocycles. The molecule has 0 spiro atoms. The zero-order valence-electron chi connectivity index (χ0n) is 12.7. The van der Waals surface area contributed by atoms with E-state index in [2.05, 4.69) is 35.6 Å². The molecule has 0 bridgehead atoms.